The van der Waals surface area contributed by atoms with Crippen LogP contribution in [0.5, 0.6) is 5.88 Å². The fraction of sp³-hybridized carbons (Fsp3) is 0.545. The van der Waals surface area contributed by atoms with E-state index in [1.807, 2.05) is 32.2 Å². The minimum Gasteiger partial charge on any atom is -0.478 e. The summed E-state index contributed by atoms with van der Waals surface area (Å²) in [6, 6.07) is 5.79. The van der Waals surface area contributed by atoms with Crippen LogP contribution in [0.15, 0.2) is 18.2 Å². The molecule has 0 aliphatic rings. The molecule has 0 radical (unpaired) electrons. The van der Waals surface area contributed by atoms with Gasteiger partial charge in [0.25, 0.3) is 0 Å². The van der Waals surface area contributed by atoms with E-state index in [0.29, 0.717) is 19.0 Å². The van der Waals surface area contributed by atoms with Gasteiger partial charge in [-0.2, -0.15) is 4.98 Å². The highest BCUT2D eigenvalue weighted by molar-refractivity contribution is 5.39. The fourth-order valence-corrected chi connectivity index (χ4v) is 1.29. The number of anilines is 1. The highest BCUT2D eigenvalue weighted by atomic mass is 16.5. The summed E-state index contributed by atoms with van der Waals surface area (Å²) < 4.78 is 5.34. The molecule has 2 N–H and O–H groups in total. The second-order valence-electron chi connectivity index (χ2n) is 3.33. The molecule has 1 heterocycles. The zero-order valence-electron chi connectivity index (χ0n) is 9.44. The molecule has 15 heavy (non-hydrogen) atoms. The predicted octanol–water partition coefficient (Wildman–Crippen LogP) is 1.27. The molecule has 0 spiro atoms. The lowest BCUT2D eigenvalue weighted by atomic mass is 10.3. The minimum atomic E-state index is 0.642. The number of rotatable bonds is 6. The van der Waals surface area contributed by atoms with Crippen molar-refractivity contribution < 1.29 is 4.74 Å². The topological polar surface area (TPSA) is 51.4 Å². The van der Waals surface area contributed by atoms with Crippen LogP contribution < -0.4 is 15.4 Å². The van der Waals surface area contributed by atoms with Crippen LogP contribution in [-0.2, 0) is 0 Å². The summed E-state index contributed by atoms with van der Waals surface area (Å²) in [6.07, 6.45) is 0.969. The number of hydrogen-bond acceptors (Lipinski definition) is 4. The predicted molar refractivity (Wildman–Crippen MR) is 62.3 cm³/mol. The van der Waals surface area contributed by atoms with E-state index >= 15 is 0 Å². The van der Waals surface area contributed by atoms with Gasteiger partial charge < -0.3 is 15.4 Å². The maximum atomic E-state index is 5.46. The second kappa shape index (κ2) is 6.24. The molecule has 1 rings (SSSR count). The molecule has 0 fully saturated rings. The van der Waals surface area contributed by atoms with Gasteiger partial charge in [-0.15, -0.1) is 0 Å². The maximum absolute atomic E-state index is 5.46. The molecular weight excluding hydrogens is 190 g/mol. The van der Waals surface area contributed by atoms with Crippen LogP contribution in [0.1, 0.15) is 13.3 Å². The van der Waals surface area contributed by atoms with Crippen LogP contribution in [0.25, 0.3) is 0 Å². The normalized spacial score (nSPS) is 10.1. The second-order valence-corrected chi connectivity index (χ2v) is 3.33. The Morgan fingerprint density at radius 3 is 2.93 bits per heavy atom. The van der Waals surface area contributed by atoms with E-state index in [0.717, 1.165) is 18.8 Å². The molecule has 4 heteroatoms. The first-order chi connectivity index (χ1) is 7.27. The molecule has 0 aliphatic heterocycles. The molecule has 0 aliphatic carbocycles. The molecule has 0 atom stereocenters. The third-order valence-electron chi connectivity index (χ3n) is 2.09. The molecule has 0 saturated heterocycles. The van der Waals surface area contributed by atoms with E-state index in [4.69, 9.17) is 10.5 Å². The zero-order valence-corrected chi connectivity index (χ0v) is 9.44. The monoisotopic (exact) mass is 209 g/mol. The third-order valence-corrected chi connectivity index (χ3v) is 2.09. The van der Waals surface area contributed by atoms with E-state index in [9.17, 15) is 0 Å². The molecule has 0 unspecified atom stereocenters. The van der Waals surface area contributed by atoms with Crippen LogP contribution in [0, 0.1) is 0 Å². The van der Waals surface area contributed by atoms with E-state index in [2.05, 4.69) is 9.88 Å². The molecule has 4 nitrogen and oxygen atoms in total. The van der Waals surface area contributed by atoms with Gasteiger partial charge in [0.15, 0.2) is 0 Å². The lowest BCUT2D eigenvalue weighted by Crippen LogP contribution is -2.22. The van der Waals surface area contributed by atoms with Crippen molar-refractivity contribution in [3.63, 3.8) is 0 Å². The van der Waals surface area contributed by atoms with Crippen molar-refractivity contribution in [1.29, 1.82) is 0 Å². The summed E-state index contributed by atoms with van der Waals surface area (Å²) in [6.45, 7) is 4.21. The molecular formula is C11H19N3O. The van der Waals surface area contributed by atoms with Crippen molar-refractivity contribution in [3.05, 3.63) is 18.2 Å². The summed E-state index contributed by atoms with van der Waals surface area (Å²) >= 11 is 0. The number of nitrogens with two attached hydrogens (primary N) is 1. The first kappa shape index (κ1) is 11.8. The van der Waals surface area contributed by atoms with Gasteiger partial charge in [-0.1, -0.05) is 6.07 Å². The summed E-state index contributed by atoms with van der Waals surface area (Å²) in [7, 11) is 2.01. The van der Waals surface area contributed by atoms with Crippen molar-refractivity contribution in [2.75, 3.05) is 31.6 Å². The number of hydrogen-bond donors (Lipinski definition) is 1. The molecule has 0 bridgehead atoms. The van der Waals surface area contributed by atoms with E-state index in [1.165, 1.54) is 0 Å². The maximum Gasteiger partial charge on any atom is 0.215 e. The van der Waals surface area contributed by atoms with Gasteiger partial charge in [-0.05, 0) is 26.0 Å². The molecule has 84 valence electrons. The fourth-order valence-electron chi connectivity index (χ4n) is 1.29. The molecule has 0 saturated carbocycles. The highest BCUT2D eigenvalue weighted by Gasteiger charge is 2.02. The Balaban J connectivity index is 2.62. The summed E-state index contributed by atoms with van der Waals surface area (Å²) in [5, 5.41) is 0. The van der Waals surface area contributed by atoms with Gasteiger partial charge >= 0.3 is 0 Å². The quantitative estimate of drug-likeness (QED) is 0.766. The number of aromatic nitrogens is 1. The van der Waals surface area contributed by atoms with Gasteiger partial charge in [0.2, 0.25) is 5.88 Å². The Bertz CT molecular complexity index is 291. The highest BCUT2D eigenvalue weighted by Crippen LogP contribution is 2.14. The van der Waals surface area contributed by atoms with Crippen LogP contribution in [0.3, 0.4) is 0 Å². The van der Waals surface area contributed by atoms with Crippen molar-refractivity contribution >= 4 is 5.82 Å². The Labute approximate surface area is 91.1 Å². The van der Waals surface area contributed by atoms with E-state index in [1.54, 1.807) is 0 Å². The summed E-state index contributed by atoms with van der Waals surface area (Å²) in [5.74, 6) is 1.60. The van der Waals surface area contributed by atoms with Crippen molar-refractivity contribution in [3.8, 4) is 5.88 Å². The van der Waals surface area contributed by atoms with Gasteiger partial charge in [0.1, 0.15) is 5.82 Å². The van der Waals surface area contributed by atoms with Gasteiger partial charge in [0, 0.05) is 19.7 Å². The Hall–Kier alpha value is -1.29. The molecule has 1 aromatic heterocycles. The lowest BCUT2D eigenvalue weighted by molar-refractivity contribution is 0.327. The average Bonchev–Trinajstić information content (AvgIpc) is 2.27. The summed E-state index contributed by atoms with van der Waals surface area (Å²) in [5.41, 5.74) is 5.46. The standard InChI is InChI=1S/C11H19N3O/c1-3-15-11-7-4-6-10(13-11)14(2)9-5-8-12/h4,6-7H,3,5,8-9,12H2,1-2H3. The van der Waals surface area contributed by atoms with Crippen LogP contribution in [-0.4, -0.2) is 31.7 Å². The van der Waals surface area contributed by atoms with Crippen molar-refractivity contribution in [2.24, 2.45) is 5.73 Å². The van der Waals surface area contributed by atoms with Gasteiger partial charge in [0.05, 0.1) is 6.61 Å². The number of ether oxygens (including phenoxy) is 1. The van der Waals surface area contributed by atoms with Crippen LogP contribution >= 0.6 is 0 Å². The average molecular weight is 209 g/mol. The first-order valence-corrected chi connectivity index (χ1v) is 5.29. The van der Waals surface area contributed by atoms with E-state index in [-0.39, 0.29) is 0 Å². The lowest BCUT2D eigenvalue weighted by Gasteiger charge is -2.18. The Kier molecular flexibility index (Phi) is 4.90. The van der Waals surface area contributed by atoms with Crippen LogP contribution in [0.2, 0.25) is 0 Å². The van der Waals surface area contributed by atoms with E-state index < -0.39 is 0 Å². The smallest absolute Gasteiger partial charge is 0.215 e. The largest absolute Gasteiger partial charge is 0.478 e. The van der Waals surface area contributed by atoms with Crippen LogP contribution in [0.4, 0.5) is 5.82 Å². The Morgan fingerprint density at radius 2 is 2.27 bits per heavy atom. The zero-order chi connectivity index (χ0) is 11.1. The van der Waals surface area contributed by atoms with Crippen molar-refractivity contribution in [1.82, 2.24) is 4.98 Å². The molecule has 0 amide bonds. The Morgan fingerprint density at radius 1 is 1.47 bits per heavy atom. The first-order valence-electron chi connectivity index (χ1n) is 5.29. The van der Waals surface area contributed by atoms with Gasteiger partial charge in [-0.25, -0.2) is 0 Å². The summed E-state index contributed by atoms with van der Waals surface area (Å²) in [4.78, 5) is 6.46. The van der Waals surface area contributed by atoms with Crippen molar-refractivity contribution in [2.45, 2.75) is 13.3 Å². The third kappa shape index (κ3) is 3.75. The number of pyridine rings is 1. The van der Waals surface area contributed by atoms with Gasteiger partial charge in [-0.3, -0.25) is 0 Å². The molecule has 0 aromatic carbocycles. The number of nitrogens with zero attached hydrogens (tertiary/aromatic N) is 2. The SMILES string of the molecule is CCOc1cccc(N(C)CCCN)n1. The molecule has 1 aromatic rings. The minimum absolute atomic E-state index is 0.642.